The lowest BCUT2D eigenvalue weighted by atomic mass is 10.0. The standard InChI is InChI=1S/C6H13P.BF4/c7-6-4-2-1-3-5-6;2-1(3,4)5/h6H,1-5,7H2;/q;-1. The molecule has 1 saturated carbocycles. The Hall–Kier alpha value is 0.215. The molecule has 6 heteroatoms. The molecule has 1 rings (SSSR count). The van der Waals surface area contributed by atoms with Crippen molar-refractivity contribution in [2.45, 2.75) is 37.8 Å². The van der Waals surface area contributed by atoms with E-state index in [0.717, 1.165) is 5.66 Å². The molecule has 0 aromatic carbocycles. The summed E-state index contributed by atoms with van der Waals surface area (Å²) in [6, 6.07) is 0. The second kappa shape index (κ2) is 5.79. The van der Waals surface area contributed by atoms with Crippen molar-refractivity contribution in [3.05, 3.63) is 0 Å². The topological polar surface area (TPSA) is 0 Å². The number of rotatable bonds is 0. The van der Waals surface area contributed by atoms with E-state index in [9.17, 15) is 17.3 Å². The molecule has 0 saturated heterocycles. The Morgan fingerprint density at radius 1 is 0.917 bits per heavy atom. The molecule has 1 atom stereocenters. The van der Waals surface area contributed by atoms with Gasteiger partial charge in [-0.05, 0) is 18.5 Å². The quantitative estimate of drug-likeness (QED) is 0.321. The Labute approximate surface area is 72.4 Å². The van der Waals surface area contributed by atoms with Crippen LogP contribution in [0.5, 0.6) is 0 Å². The van der Waals surface area contributed by atoms with Gasteiger partial charge in [0, 0.05) is 0 Å². The highest BCUT2D eigenvalue weighted by molar-refractivity contribution is 7.17. The van der Waals surface area contributed by atoms with Crippen LogP contribution in [0, 0.1) is 0 Å². The van der Waals surface area contributed by atoms with Crippen LogP contribution in [0.4, 0.5) is 17.3 Å². The van der Waals surface area contributed by atoms with Crippen molar-refractivity contribution < 1.29 is 17.3 Å². The number of hydrogen-bond acceptors (Lipinski definition) is 0. The van der Waals surface area contributed by atoms with Crippen LogP contribution < -0.4 is 0 Å². The first-order chi connectivity index (χ1) is 5.39. The molecule has 0 nitrogen and oxygen atoms in total. The van der Waals surface area contributed by atoms with Gasteiger partial charge in [-0.1, -0.05) is 19.3 Å². The van der Waals surface area contributed by atoms with Crippen molar-refractivity contribution in [3.63, 3.8) is 0 Å². The van der Waals surface area contributed by atoms with Gasteiger partial charge >= 0.3 is 7.25 Å². The van der Waals surface area contributed by atoms with E-state index in [4.69, 9.17) is 0 Å². The summed E-state index contributed by atoms with van der Waals surface area (Å²) < 4.78 is 39.0. The van der Waals surface area contributed by atoms with Crippen molar-refractivity contribution in [2.24, 2.45) is 0 Å². The minimum absolute atomic E-state index is 0.953. The van der Waals surface area contributed by atoms with Crippen LogP contribution >= 0.6 is 9.24 Å². The van der Waals surface area contributed by atoms with Crippen molar-refractivity contribution in [1.29, 1.82) is 0 Å². The highest BCUT2D eigenvalue weighted by atomic mass is 31.0. The summed E-state index contributed by atoms with van der Waals surface area (Å²) in [6.07, 6.45) is 7.31. The van der Waals surface area contributed by atoms with E-state index in [1.165, 1.54) is 32.1 Å². The maximum absolute atomic E-state index is 9.75. The Balaban J connectivity index is 0.000000217. The number of halogens is 4. The second-order valence-electron chi connectivity index (χ2n) is 2.89. The van der Waals surface area contributed by atoms with Gasteiger partial charge in [0.05, 0.1) is 0 Å². The summed E-state index contributed by atoms with van der Waals surface area (Å²) in [6.45, 7) is 0. The fourth-order valence-electron chi connectivity index (χ4n) is 1.13. The summed E-state index contributed by atoms with van der Waals surface area (Å²) >= 11 is 0. The summed E-state index contributed by atoms with van der Waals surface area (Å²) in [7, 11) is -3.09. The van der Waals surface area contributed by atoms with Crippen LogP contribution in [0.2, 0.25) is 0 Å². The molecule has 0 bridgehead atoms. The monoisotopic (exact) mass is 203 g/mol. The van der Waals surface area contributed by atoms with Gasteiger partial charge in [-0.25, -0.2) is 0 Å². The molecule has 0 radical (unpaired) electrons. The molecule has 1 unspecified atom stereocenters. The van der Waals surface area contributed by atoms with Crippen molar-refractivity contribution in [1.82, 2.24) is 0 Å². The van der Waals surface area contributed by atoms with E-state index in [1.807, 2.05) is 0 Å². The van der Waals surface area contributed by atoms with E-state index < -0.39 is 7.25 Å². The average Bonchev–Trinajstić information content (AvgIpc) is 1.85. The molecule has 0 N–H and O–H groups in total. The van der Waals surface area contributed by atoms with Gasteiger partial charge in [-0.2, -0.15) is 0 Å². The largest absolute Gasteiger partial charge is 0.673 e. The third-order valence-corrected chi connectivity index (χ3v) is 2.32. The summed E-state index contributed by atoms with van der Waals surface area (Å²) in [5.41, 5.74) is 0.953. The first kappa shape index (κ1) is 12.2. The maximum Gasteiger partial charge on any atom is 0.673 e. The SMILES string of the molecule is F[B-](F)(F)F.PC1CCCCC1. The maximum atomic E-state index is 9.75. The highest BCUT2D eigenvalue weighted by Gasteiger charge is 2.20. The molecule has 1 aliphatic carbocycles. The zero-order valence-corrected chi connectivity index (χ0v) is 7.93. The predicted molar refractivity (Wildman–Crippen MR) is 46.8 cm³/mol. The Morgan fingerprint density at radius 3 is 1.42 bits per heavy atom. The predicted octanol–water partition coefficient (Wildman–Crippen LogP) is 3.49. The summed E-state index contributed by atoms with van der Waals surface area (Å²) in [5, 5.41) is 0. The summed E-state index contributed by atoms with van der Waals surface area (Å²) in [4.78, 5) is 0. The van der Waals surface area contributed by atoms with Crippen molar-refractivity contribution in [3.8, 4) is 0 Å². The summed E-state index contributed by atoms with van der Waals surface area (Å²) in [5.74, 6) is 0. The molecule has 1 aliphatic rings. The van der Waals surface area contributed by atoms with Crippen LogP contribution in [0.1, 0.15) is 32.1 Å². The van der Waals surface area contributed by atoms with Gasteiger partial charge in [0.25, 0.3) is 0 Å². The van der Waals surface area contributed by atoms with Crippen LogP contribution in [-0.4, -0.2) is 12.9 Å². The van der Waals surface area contributed by atoms with E-state index >= 15 is 0 Å². The fraction of sp³-hybridized carbons (Fsp3) is 1.00. The Morgan fingerprint density at radius 2 is 1.25 bits per heavy atom. The van der Waals surface area contributed by atoms with Gasteiger partial charge in [-0.15, -0.1) is 9.24 Å². The molecule has 0 heterocycles. The molecule has 0 aromatic rings. The molecule has 12 heavy (non-hydrogen) atoms. The van der Waals surface area contributed by atoms with Crippen LogP contribution in [0.3, 0.4) is 0 Å². The minimum atomic E-state index is -6.00. The van der Waals surface area contributed by atoms with E-state index in [1.54, 1.807) is 0 Å². The molecule has 0 aromatic heterocycles. The molecule has 1 fully saturated rings. The first-order valence-corrected chi connectivity index (χ1v) is 4.69. The molecular weight excluding hydrogens is 190 g/mol. The van der Waals surface area contributed by atoms with E-state index in [-0.39, 0.29) is 0 Å². The zero-order chi connectivity index (χ0) is 9.61. The third kappa shape index (κ3) is 12.9. The molecule has 74 valence electrons. The van der Waals surface area contributed by atoms with Crippen LogP contribution in [0.15, 0.2) is 0 Å². The molecular formula is C6H13BF4P-. The fourth-order valence-corrected chi connectivity index (χ4v) is 1.61. The smallest absolute Gasteiger partial charge is 0.418 e. The zero-order valence-electron chi connectivity index (χ0n) is 6.78. The highest BCUT2D eigenvalue weighted by Crippen LogP contribution is 2.23. The van der Waals surface area contributed by atoms with Crippen molar-refractivity contribution >= 4 is 16.5 Å². The first-order valence-electron chi connectivity index (χ1n) is 4.02. The minimum Gasteiger partial charge on any atom is -0.418 e. The number of hydrogen-bond donors (Lipinski definition) is 0. The Bertz CT molecular complexity index is 105. The molecule has 0 spiro atoms. The van der Waals surface area contributed by atoms with Gasteiger partial charge in [0.1, 0.15) is 0 Å². The average molecular weight is 203 g/mol. The van der Waals surface area contributed by atoms with Gasteiger partial charge < -0.3 is 17.3 Å². The van der Waals surface area contributed by atoms with E-state index in [0.29, 0.717) is 0 Å². The van der Waals surface area contributed by atoms with Gasteiger partial charge in [0.2, 0.25) is 0 Å². The van der Waals surface area contributed by atoms with Gasteiger partial charge in [-0.3, -0.25) is 0 Å². The lowest BCUT2D eigenvalue weighted by molar-refractivity contribution is 0.368. The lowest BCUT2D eigenvalue weighted by Gasteiger charge is -2.15. The normalized spacial score (nSPS) is 19.8. The van der Waals surface area contributed by atoms with Crippen LogP contribution in [-0.2, 0) is 0 Å². The second-order valence-corrected chi connectivity index (χ2v) is 3.84. The molecule has 0 amide bonds. The van der Waals surface area contributed by atoms with Gasteiger partial charge in [0.15, 0.2) is 0 Å². The van der Waals surface area contributed by atoms with E-state index in [2.05, 4.69) is 9.24 Å². The third-order valence-electron chi connectivity index (χ3n) is 1.65. The van der Waals surface area contributed by atoms with Crippen LogP contribution in [0.25, 0.3) is 0 Å². The van der Waals surface area contributed by atoms with Crippen molar-refractivity contribution in [2.75, 3.05) is 0 Å². The molecule has 0 aliphatic heterocycles. The lowest BCUT2D eigenvalue weighted by Crippen LogP contribution is -2.02. The Kier molecular flexibility index (Phi) is 5.90.